The van der Waals surface area contributed by atoms with Gasteiger partial charge >= 0.3 is 0 Å². The van der Waals surface area contributed by atoms with Crippen molar-refractivity contribution in [1.29, 1.82) is 0 Å². The minimum atomic E-state index is -3.36. The van der Waals surface area contributed by atoms with Gasteiger partial charge in [0.2, 0.25) is 0 Å². The van der Waals surface area contributed by atoms with Gasteiger partial charge in [-0.3, -0.25) is 4.18 Å². The SMILES string of the molecule is Cc1nc(CCOS(C)(=O)=O)c(C)o1. The van der Waals surface area contributed by atoms with Crippen molar-refractivity contribution in [3.8, 4) is 0 Å². The summed E-state index contributed by atoms with van der Waals surface area (Å²) < 4.78 is 31.1. The lowest BCUT2D eigenvalue weighted by atomic mass is 10.3. The molecule has 0 fully saturated rings. The maximum absolute atomic E-state index is 10.6. The minimum Gasteiger partial charge on any atom is -0.446 e. The first-order valence-corrected chi connectivity index (χ1v) is 5.97. The van der Waals surface area contributed by atoms with E-state index in [1.165, 1.54) is 0 Å². The molecular weight excluding hydrogens is 206 g/mol. The Balaban J connectivity index is 2.50. The molecule has 0 aliphatic carbocycles. The summed E-state index contributed by atoms with van der Waals surface area (Å²) in [5.41, 5.74) is 0.742. The summed E-state index contributed by atoms with van der Waals surface area (Å²) in [6.45, 7) is 3.63. The number of nitrogens with zero attached hydrogens (tertiary/aromatic N) is 1. The highest BCUT2D eigenvalue weighted by atomic mass is 32.2. The molecule has 0 atom stereocenters. The Morgan fingerprint density at radius 2 is 2.07 bits per heavy atom. The third-order valence-corrected chi connectivity index (χ3v) is 2.23. The van der Waals surface area contributed by atoms with Crippen molar-refractivity contribution in [2.75, 3.05) is 12.9 Å². The van der Waals surface area contributed by atoms with Gasteiger partial charge in [-0.1, -0.05) is 0 Å². The average Bonchev–Trinajstić information content (AvgIpc) is 2.27. The fourth-order valence-corrected chi connectivity index (χ4v) is 1.48. The maximum Gasteiger partial charge on any atom is 0.264 e. The number of hydrogen-bond donors (Lipinski definition) is 0. The summed E-state index contributed by atoms with van der Waals surface area (Å²) in [5.74, 6) is 1.29. The molecule has 0 aromatic carbocycles. The van der Waals surface area contributed by atoms with Crippen molar-refractivity contribution in [3.63, 3.8) is 0 Å². The monoisotopic (exact) mass is 219 g/mol. The molecule has 1 heterocycles. The summed E-state index contributed by atoms with van der Waals surface area (Å²) >= 11 is 0. The third-order valence-electron chi connectivity index (χ3n) is 1.64. The Labute approximate surface area is 83.2 Å². The number of oxazole rings is 1. The Hall–Kier alpha value is -0.880. The molecule has 0 aliphatic heterocycles. The molecular formula is C8H13NO4S. The molecule has 0 amide bonds. The largest absolute Gasteiger partial charge is 0.446 e. The van der Waals surface area contributed by atoms with E-state index in [-0.39, 0.29) is 6.61 Å². The minimum absolute atomic E-state index is 0.103. The third kappa shape index (κ3) is 3.47. The summed E-state index contributed by atoms with van der Waals surface area (Å²) in [6.07, 6.45) is 1.46. The van der Waals surface area contributed by atoms with Gasteiger partial charge in [0, 0.05) is 13.3 Å². The fourth-order valence-electron chi connectivity index (χ4n) is 1.09. The zero-order chi connectivity index (χ0) is 10.8. The molecule has 6 heteroatoms. The van der Waals surface area contributed by atoms with Crippen LogP contribution >= 0.6 is 0 Å². The van der Waals surface area contributed by atoms with Crippen LogP contribution in [0.4, 0.5) is 0 Å². The van der Waals surface area contributed by atoms with Crippen LogP contribution in [0.3, 0.4) is 0 Å². The fraction of sp³-hybridized carbons (Fsp3) is 0.625. The van der Waals surface area contributed by atoms with Crippen LogP contribution in [-0.2, 0) is 20.7 Å². The molecule has 14 heavy (non-hydrogen) atoms. The lowest BCUT2D eigenvalue weighted by Gasteiger charge is -1.98. The second-order valence-electron chi connectivity index (χ2n) is 3.01. The first-order chi connectivity index (χ1) is 6.38. The maximum atomic E-state index is 10.6. The summed E-state index contributed by atoms with van der Waals surface area (Å²) in [5, 5.41) is 0. The predicted octanol–water partition coefficient (Wildman–Crippen LogP) is 0.810. The molecule has 0 bridgehead atoms. The van der Waals surface area contributed by atoms with E-state index in [0.717, 1.165) is 11.9 Å². The normalized spacial score (nSPS) is 11.9. The highest BCUT2D eigenvalue weighted by Gasteiger charge is 2.08. The van der Waals surface area contributed by atoms with Crippen molar-refractivity contribution in [3.05, 3.63) is 17.3 Å². The van der Waals surface area contributed by atoms with E-state index in [1.54, 1.807) is 13.8 Å². The van der Waals surface area contributed by atoms with Crippen molar-refractivity contribution < 1.29 is 17.0 Å². The molecule has 0 radical (unpaired) electrons. The smallest absolute Gasteiger partial charge is 0.264 e. The molecule has 80 valence electrons. The summed E-state index contributed by atoms with van der Waals surface area (Å²) in [4.78, 5) is 4.09. The van der Waals surface area contributed by atoms with Crippen LogP contribution in [0.2, 0.25) is 0 Å². The van der Waals surface area contributed by atoms with Crippen LogP contribution in [-0.4, -0.2) is 26.3 Å². The van der Waals surface area contributed by atoms with Crippen LogP contribution in [0, 0.1) is 13.8 Å². The molecule has 0 aliphatic rings. The van der Waals surface area contributed by atoms with E-state index in [2.05, 4.69) is 9.17 Å². The molecule has 0 spiro atoms. The molecule has 1 aromatic rings. The van der Waals surface area contributed by atoms with Gasteiger partial charge in [-0.25, -0.2) is 4.98 Å². The second kappa shape index (κ2) is 4.10. The van der Waals surface area contributed by atoms with Gasteiger partial charge in [-0.2, -0.15) is 8.42 Å². The molecule has 0 N–H and O–H groups in total. The van der Waals surface area contributed by atoms with Crippen molar-refractivity contribution in [1.82, 2.24) is 4.98 Å². The molecule has 0 saturated heterocycles. The first kappa shape index (κ1) is 11.2. The van der Waals surface area contributed by atoms with Gasteiger partial charge in [-0.05, 0) is 6.92 Å². The van der Waals surface area contributed by atoms with Gasteiger partial charge in [-0.15, -0.1) is 0 Å². The van der Waals surface area contributed by atoms with Crippen LogP contribution in [0.5, 0.6) is 0 Å². The Morgan fingerprint density at radius 3 is 2.50 bits per heavy atom. The van der Waals surface area contributed by atoms with E-state index in [1.807, 2.05) is 0 Å². The average molecular weight is 219 g/mol. The number of aromatic nitrogens is 1. The van der Waals surface area contributed by atoms with E-state index >= 15 is 0 Å². The van der Waals surface area contributed by atoms with Crippen LogP contribution in [0.15, 0.2) is 4.42 Å². The van der Waals surface area contributed by atoms with Gasteiger partial charge in [0.25, 0.3) is 10.1 Å². The molecule has 0 saturated carbocycles. The number of aryl methyl sites for hydroxylation is 2. The highest BCUT2D eigenvalue weighted by Crippen LogP contribution is 2.09. The zero-order valence-electron chi connectivity index (χ0n) is 8.40. The summed E-state index contributed by atoms with van der Waals surface area (Å²) in [6, 6.07) is 0. The number of rotatable bonds is 4. The first-order valence-electron chi connectivity index (χ1n) is 4.16. The summed E-state index contributed by atoms with van der Waals surface area (Å²) in [7, 11) is -3.36. The van der Waals surface area contributed by atoms with Gasteiger partial charge in [0.15, 0.2) is 5.89 Å². The van der Waals surface area contributed by atoms with Crippen molar-refractivity contribution in [2.24, 2.45) is 0 Å². The van der Waals surface area contributed by atoms with Crippen LogP contribution < -0.4 is 0 Å². The number of hydrogen-bond acceptors (Lipinski definition) is 5. The Bertz CT molecular complexity index is 407. The van der Waals surface area contributed by atoms with Crippen molar-refractivity contribution >= 4 is 10.1 Å². The second-order valence-corrected chi connectivity index (χ2v) is 4.66. The Morgan fingerprint density at radius 1 is 1.43 bits per heavy atom. The predicted molar refractivity (Wildman–Crippen MR) is 50.5 cm³/mol. The standard InChI is InChI=1S/C8H13NO4S/c1-6-8(9-7(2)13-6)4-5-12-14(3,10)11/h4-5H2,1-3H3. The molecule has 1 rings (SSSR count). The van der Waals surface area contributed by atoms with Crippen molar-refractivity contribution in [2.45, 2.75) is 20.3 Å². The van der Waals surface area contributed by atoms with Crippen LogP contribution in [0.1, 0.15) is 17.3 Å². The van der Waals surface area contributed by atoms with E-state index in [9.17, 15) is 8.42 Å². The quantitative estimate of drug-likeness (QED) is 0.701. The van der Waals surface area contributed by atoms with Gasteiger partial charge in [0.1, 0.15) is 5.76 Å². The van der Waals surface area contributed by atoms with E-state index in [4.69, 9.17) is 4.42 Å². The molecule has 0 unspecified atom stereocenters. The van der Waals surface area contributed by atoms with Gasteiger partial charge < -0.3 is 4.42 Å². The molecule has 5 nitrogen and oxygen atoms in total. The van der Waals surface area contributed by atoms with Gasteiger partial charge in [0.05, 0.1) is 18.6 Å². The topological polar surface area (TPSA) is 69.4 Å². The van der Waals surface area contributed by atoms with E-state index < -0.39 is 10.1 Å². The zero-order valence-corrected chi connectivity index (χ0v) is 9.22. The van der Waals surface area contributed by atoms with E-state index in [0.29, 0.717) is 18.1 Å². The highest BCUT2D eigenvalue weighted by molar-refractivity contribution is 7.85. The molecule has 1 aromatic heterocycles. The lowest BCUT2D eigenvalue weighted by Crippen LogP contribution is -2.06. The lowest BCUT2D eigenvalue weighted by molar-refractivity contribution is 0.324. The van der Waals surface area contributed by atoms with Crippen LogP contribution in [0.25, 0.3) is 0 Å². The Kier molecular flexibility index (Phi) is 3.28.